The molecule has 0 radical (unpaired) electrons. The van der Waals surface area contributed by atoms with Gasteiger partial charge in [0.1, 0.15) is 0 Å². The predicted octanol–water partition coefficient (Wildman–Crippen LogP) is 1.73. The first kappa shape index (κ1) is 14.0. The second-order valence-corrected chi connectivity index (χ2v) is 6.45. The fourth-order valence-electron chi connectivity index (χ4n) is 1.35. The number of para-hydroxylation sites is 1. The molecular weight excluding hydrogens is 236 g/mol. The van der Waals surface area contributed by atoms with Crippen molar-refractivity contribution in [2.24, 2.45) is 5.92 Å². The smallest absolute Gasteiger partial charge is 0.211 e. The van der Waals surface area contributed by atoms with E-state index in [1.54, 1.807) is 6.07 Å². The first-order valence-electron chi connectivity index (χ1n) is 5.71. The quantitative estimate of drug-likeness (QED) is 0.761. The minimum absolute atomic E-state index is 0.164. The number of nitrogen functional groups attached to an aromatic ring is 1. The summed E-state index contributed by atoms with van der Waals surface area (Å²) in [6, 6.07) is 7.25. The first-order valence-corrected chi connectivity index (χ1v) is 7.36. The van der Waals surface area contributed by atoms with E-state index in [2.05, 4.69) is 4.72 Å². The van der Waals surface area contributed by atoms with Crippen molar-refractivity contribution in [3.05, 3.63) is 29.8 Å². The van der Waals surface area contributed by atoms with E-state index < -0.39 is 10.0 Å². The summed E-state index contributed by atoms with van der Waals surface area (Å²) in [5.41, 5.74) is 7.15. The second kappa shape index (κ2) is 6.02. The number of hydrogen-bond donors (Lipinski definition) is 2. The molecule has 0 heterocycles. The van der Waals surface area contributed by atoms with E-state index in [1.165, 1.54) is 0 Å². The number of anilines is 1. The van der Waals surface area contributed by atoms with Gasteiger partial charge >= 0.3 is 0 Å². The SMILES string of the molecule is CC(C)CCS(=O)(=O)NCc1ccccc1N. The monoisotopic (exact) mass is 256 g/mol. The molecule has 0 amide bonds. The van der Waals surface area contributed by atoms with E-state index in [-0.39, 0.29) is 12.3 Å². The van der Waals surface area contributed by atoms with Gasteiger partial charge < -0.3 is 5.73 Å². The van der Waals surface area contributed by atoms with Crippen molar-refractivity contribution in [1.82, 2.24) is 4.72 Å². The zero-order valence-corrected chi connectivity index (χ0v) is 11.1. The molecule has 0 fully saturated rings. The highest BCUT2D eigenvalue weighted by molar-refractivity contribution is 7.89. The van der Waals surface area contributed by atoms with Gasteiger partial charge in [0.15, 0.2) is 0 Å². The van der Waals surface area contributed by atoms with Crippen molar-refractivity contribution in [2.75, 3.05) is 11.5 Å². The summed E-state index contributed by atoms with van der Waals surface area (Å²) in [4.78, 5) is 0. The summed E-state index contributed by atoms with van der Waals surface area (Å²) in [7, 11) is -3.20. The van der Waals surface area contributed by atoms with Crippen molar-refractivity contribution in [1.29, 1.82) is 0 Å². The predicted molar refractivity (Wildman–Crippen MR) is 70.9 cm³/mol. The van der Waals surface area contributed by atoms with Crippen molar-refractivity contribution in [3.8, 4) is 0 Å². The van der Waals surface area contributed by atoms with Crippen LogP contribution < -0.4 is 10.5 Å². The van der Waals surface area contributed by atoms with Crippen LogP contribution in [0.1, 0.15) is 25.8 Å². The molecule has 0 spiro atoms. The first-order chi connectivity index (χ1) is 7.91. The van der Waals surface area contributed by atoms with Gasteiger partial charge in [0.2, 0.25) is 10.0 Å². The van der Waals surface area contributed by atoms with Crippen molar-refractivity contribution in [2.45, 2.75) is 26.8 Å². The van der Waals surface area contributed by atoms with Crippen LogP contribution in [0.5, 0.6) is 0 Å². The fourth-order valence-corrected chi connectivity index (χ4v) is 2.65. The Morgan fingerprint density at radius 2 is 1.94 bits per heavy atom. The Bertz CT molecular complexity index is 455. The molecule has 0 bridgehead atoms. The van der Waals surface area contributed by atoms with Gasteiger partial charge in [-0.3, -0.25) is 0 Å². The third-order valence-corrected chi connectivity index (χ3v) is 3.86. The van der Waals surface area contributed by atoms with Crippen LogP contribution in [-0.2, 0) is 16.6 Å². The molecule has 0 aliphatic carbocycles. The third kappa shape index (κ3) is 5.19. The molecule has 0 aliphatic rings. The molecule has 0 aliphatic heterocycles. The Kier molecular flexibility index (Phi) is 4.96. The molecule has 0 aromatic heterocycles. The van der Waals surface area contributed by atoms with Gasteiger partial charge in [0, 0.05) is 12.2 Å². The topological polar surface area (TPSA) is 72.2 Å². The van der Waals surface area contributed by atoms with Gasteiger partial charge in [-0.25, -0.2) is 13.1 Å². The lowest BCUT2D eigenvalue weighted by Gasteiger charge is -2.09. The molecule has 1 aromatic carbocycles. The van der Waals surface area contributed by atoms with E-state index in [4.69, 9.17) is 5.73 Å². The van der Waals surface area contributed by atoms with Crippen LogP contribution in [0.4, 0.5) is 5.69 Å². The van der Waals surface area contributed by atoms with E-state index >= 15 is 0 Å². The minimum atomic E-state index is -3.20. The van der Waals surface area contributed by atoms with Crippen LogP contribution in [0.15, 0.2) is 24.3 Å². The molecule has 4 nitrogen and oxygen atoms in total. The largest absolute Gasteiger partial charge is 0.398 e. The van der Waals surface area contributed by atoms with E-state index in [1.807, 2.05) is 32.0 Å². The molecule has 0 saturated heterocycles. The molecule has 0 atom stereocenters. The van der Waals surface area contributed by atoms with Gasteiger partial charge in [-0.05, 0) is 24.0 Å². The van der Waals surface area contributed by atoms with Crippen molar-refractivity contribution < 1.29 is 8.42 Å². The highest BCUT2D eigenvalue weighted by Crippen LogP contribution is 2.10. The van der Waals surface area contributed by atoms with Gasteiger partial charge in [-0.1, -0.05) is 32.0 Å². The summed E-state index contributed by atoms with van der Waals surface area (Å²) in [5, 5.41) is 0. The molecule has 1 rings (SSSR count). The van der Waals surface area contributed by atoms with Crippen LogP contribution in [0.2, 0.25) is 0 Å². The average molecular weight is 256 g/mol. The van der Waals surface area contributed by atoms with Gasteiger partial charge in [-0.2, -0.15) is 0 Å². The molecule has 0 unspecified atom stereocenters. The van der Waals surface area contributed by atoms with Crippen LogP contribution in [0, 0.1) is 5.92 Å². The molecule has 5 heteroatoms. The summed E-state index contributed by atoms with van der Waals surface area (Å²) in [5.74, 6) is 0.547. The number of sulfonamides is 1. The van der Waals surface area contributed by atoms with E-state index in [0.29, 0.717) is 18.0 Å². The summed E-state index contributed by atoms with van der Waals surface area (Å²) < 4.78 is 25.9. The number of nitrogens with one attached hydrogen (secondary N) is 1. The average Bonchev–Trinajstić information content (AvgIpc) is 2.26. The number of benzene rings is 1. The lowest BCUT2D eigenvalue weighted by atomic mass is 10.2. The molecule has 17 heavy (non-hydrogen) atoms. The standard InChI is InChI=1S/C12H20N2O2S/c1-10(2)7-8-17(15,16)14-9-11-5-3-4-6-12(11)13/h3-6,10,14H,7-9,13H2,1-2H3. The molecule has 96 valence electrons. The van der Waals surface area contributed by atoms with Crippen LogP contribution >= 0.6 is 0 Å². The zero-order chi connectivity index (χ0) is 12.9. The number of hydrogen-bond acceptors (Lipinski definition) is 3. The summed E-state index contributed by atoms with van der Waals surface area (Å²) >= 11 is 0. The highest BCUT2D eigenvalue weighted by Gasteiger charge is 2.11. The van der Waals surface area contributed by atoms with Crippen molar-refractivity contribution >= 4 is 15.7 Å². The summed E-state index contributed by atoms with van der Waals surface area (Å²) in [6.07, 6.45) is 0.666. The van der Waals surface area contributed by atoms with Gasteiger partial charge in [-0.15, -0.1) is 0 Å². The normalized spacial score (nSPS) is 11.9. The van der Waals surface area contributed by atoms with Crippen LogP contribution in [-0.4, -0.2) is 14.2 Å². The molecule has 3 N–H and O–H groups in total. The molecular formula is C12H20N2O2S. The Hall–Kier alpha value is -1.07. The lowest BCUT2D eigenvalue weighted by Crippen LogP contribution is -2.26. The maximum atomic E-state index is 11.7. The summed E-state index contributed by atoms with van der Waals surface area (Å²) in [6.45, 7) is 4.27. The van der Waals surface area contributed by atoms with E-state index in [0.717, 1.165) is 5.56 Å². The van der Waals surface area contributed by atoms with Crippen LogP contribution in [0.3, 0.4) is 0 Å². The maximum absolute atomic E-state index is 11.7. The van der Waals surface area contributed by atoms with Crippen LogP contribution in [0.25, 0.3) is 0 Å². The third-order valence-electron chi connectivity index (χ3n) is 2.50. The molecule has 1 aromatic rings. The minimum Gasteiger partial charge on any atom is -0.398 e. The Morgan fingerprint density at radius 3 is 2.53 bits per heavy atom. The van der Waals surface area contributed by atoms with Crippen molar-refractivity contribution in [3.63, 3.8) is 0 Å². The van der Waals surface area contributed by atoms with Gasteiger partial charge in [0.25, 0.3) is 0 Å². The number of nitrogens with two attached hydrogens (primary N) is 1. The Labute approximate surface area is 103 Å². The zero-order valence-electron chi connectivity index (χ0n) is 10.3. The maximum Gasteiger partial charge on any atom is 0.211 e. The molecule has 0 saturated carbocycles. The van der Waals surface area contributed by atoms with Gasteiger partial charge in [0.05, 0.1) is 5.75 Å². The van der Waals surface area contributed by atoms with E-state index in [9.17, 15) is 8.42 Å². The fraction of sp³-hybridized carbons (Fsp3) is 0.500. The Balaban J connectivity index is 2.53. The Morgan fingerprint density at radius 1 is 1.29 bits per heavy atom. The highest BCUT2D eigenvalue weighted by atomic mass is 32.2. The lowest BCUT2D eigenvalue weighted by molar-refractivity contribution is 0.561. The second-order valence-electron chi connectivity index (χ2n) is 4.52. The number of rotatable bonds is 6.